The first-order chi connectivity index (χ1) is 13.4. The van der Waals surface area contributed by atoms with E-state index in [0.717, 1.165) is 22.6 Å². The Labute approximate surface area is 169 Å². The highest BCUT2D eigenvalue weighted by atomic mass is 32.2. The van der Waals surface area contributed by atoms with E-state index in [9.17, 15) is 4.79 Å². The van der Waals surface area contributed by atoms with Gasteiger partial charge in [-0.05, 0) is 63.1 Å². The molecule has 0 saturated heterocycles. The Bertz CT molecular complexity index is 991. The molecule has 1 N–H and O–H groups in total. The number of thioether (sulfide) groups is 1. The number of hydrazone groups is 1. The van der Waals surface area contributed by atoms with Gasteiger partial charge in [0.15, 0.2) is 5.16 Å². The van der Waals surface area contributed by atoms with Crippen molar-refractivity contribution >= 4 is 23.9 Å². The molecule has 0 spiro atoms. The zero-order valence-corrected chi connectivity index (χ0v) is 17.2. The topological polar surface area (TPSA) is 72.2 Å². The van der Waals surface area contributed by atoms with E-state index in [1.165, 1.54) is 22.9 Å². The van der Waals surface area contributed by atoms with Crippen LogP contribution in [0.3, 0.4) is 0 Å². The first kappa shape index (κ1) is 19.8. The minimum atomic E-state index is -0.197. The molecule has 1 amide bonds. The normalized spacial score (nSPS) is 11.1. The fraction of sp³-hybridized carbons (Fsp3) is 0.238. The maximum Gasteiger partial charge on any atom is 0.250 e. The van der Waals surface area contributed by atoms with Gasteiger partial charge in [0.05, 0.1) is 12.0 Å². The van der Waals surface area contributed by atoms with Gasteiger partial charge in [-0.2, -0.15) is 5.10 Å². The lowest BCUT2D eigenvalue weighted by atomic mass is 10.1. The summed E-state index contributed by atoms with van der Waals surface area (Å²) in [5.74, 6) is 0.0139. The molecule has 2 aromatic heterocycles. The molecular formula is C21H23N5OS. The number of aromatic nitrogens is 3. The summed E-state index contributed by atoms with van der Waals surface area (Å²) in [4.78, 5) is 20.1. The van der Waals surface area contributed by atoms with Crippen LogP contribution < -0.4 is 5.43 Å². The number of hydrogen-bond acceptors (Lipinski definition) is 5. The van der Waals surface area contributed by atoms with Gasteiger partial charge in [-0.25, -0.2) is 15.4 Å². The van der Waals surface area contributed by atoms with Crippen LogP contribution in [0.2, 0.25) is 0 Å². The molecule has 7 heteroatoms. The predicted octanol–water partition coefficient (Wildman–Crippen LogP) is 3.74. The zero-order valence-electron chi connectivity index (χ0n) is 16.4. The van der Waals surface area contributed by atoms with E-state index in [0.29, 0.717) is 5.16 Å². The van der Waals surface area contributed by atoms with E-state index in [1.54, 1.807) is 24.7 Å². The molecule has 0 aliphatic rings. The third-order valence-electron chi connectivity index (χ3n) is 4.20. The SMILES string of the molecule is Cc1cc(C)cc(-n2c(C)cc(C=NNC(=O)CSc3ncccn3)c2C)c1. The zero-order chi connectivity index (χ0) is 20.1. The molecule has 0 radical (unpaired) electrons. The van der Waals surface area contributed by atoms with Crippen LogP contribution in [0.1, 0.15) is 28.1 Å². The second kappa shape index (κ2) is 8.84. The molecule has 0 bridgehead atoms. The summed E-state index contributed by atoms with van der Waals surface area (Å²) in [5.41, 5.74) is 9.31. The van der Waals surface area contributed by atoms with Gasteiger partial charge in [0.25, 0.3) is 5.91 Å². The van der Waals surface area contributed by atoms with Crippen LogP contribution in [0.25, 0.3) is 5.69 Å². The standard InChI is InChI=1S/C21H23N5OS/c1-14-8-15(2)10-19(9-14)26-16(3)11-18(17(26)4)12-24-25-20(27)13-28-21-22-6-5-7-23-21/h5-12H,13H2,1-4H3,(H,25,27). The van der Waals surface area contributed by atoms with Crippen LogP contribution >= 0.6 is 11.8 Å². The first-order valence-corrected chi connectivity index (χ1v) is 9.92. The second-order valence-electron chi connectivity index (χ2n) is 6.62. The third kappa shape index (κ3) is 4.86. The van der Waals surface area contributed by atoms with Crippen LogP contribution in [0.4, 0.5) is 0 Å². The van der Waals surface area contributed by atoms with E-state index in [2.05, 4.69) is 77.0 Å². The summed E-state index contributed by atoms with van der Waals surface area (Å²) < 4.78 is 2.20. The summed E-state index contributed by atoms with van der Waals surface area (Å²) in [6.07, 6.45) is 4.98. The molecule has 1 aromatic carbocycles. The quantitative estimate of drug-likeness (QED) is 0.300. The largest absolute Gasteiger partial charge is 0.318 e. The van der Waals surface area contributed by atoms with Crippen molar-refractivity contribution in [3.63, 3.8) is 0 Å². The van der Waals surface area contributed by atoms with Crippen LogP contribution in [0, 0.1) is 27.7 Å². The molecule has 0 atom stereocenters. The number of hydrogen-bond donors (Lipinski definition) is 1. The van der Waals surface area contributed by atoms with Gasteiger partial charge in [-0.3, -0.25) is 4.79 Å². The molecule has 0 aliphatic heterocycles. The molecule has 0 fully saturated rings. The van der Waals surface area contributed by atoms with Gasteiger partial charge in [-0.1, -0.05) is 17.8 Å². The average Bonchev–Trinajstić information content (AvgIpc) is 2.93. The minimum Gasteiger partial charge on any atom is -0.318 e. The van der Waals surface area contributed by atoms with Crippen molar-refractivity contribution in [1.82, 2.24) is 20.0 Å². The first-order valence-electron chi connectivity index (χ1n) is 8.93. The Balaban J connectivity index is 1.67. The van der Waals surface area contributed by atoms with Crippen molar-refractivity contribution in [3.05, 3.63) is 70.8 Å². The van der Waals surface area contributed by atoms with Gasteiger partial charge in [-0.15, -0.1) is 0 Å². The molecule has 0 aliphatic carbocycles. The fourth-order valence-corrected chi connectivity index (χ4v) is 3.69. The molecule has 0 saturated carbocycles. The molecule has 6 nitrogen and oxygen atoms in total. The molecule has 144 valence electrons. The number of carbonyl (C=O) groups is 1. The molecule has 3 aromatic rings. The monoisotopic (exact) mass is 393 g/mol. The predicted molar refractivity (Wildman–Crippen MR) is 113 cm³/mol. The van der Waals surface area contributed by atoms with Gasteiger partial charge in [0, 0.05) is 35.0 Å². The van der Waals surface area contributed by atoms with Crippen molar-refractivity contribution in [2.24, 2.45) is 5.10 Å². The Morgan fingerprint density at radius 3 is 2.46 bits per heavy atom. The Kier molecular flexibility index (Phi) is 6.26. The van der Waals surface area contributed by atoms with Crippen LogP contribution in [0.15, 0.2) is 53.0 Å². The summed E-state index contributed by atoms with van der Waals surface area (Å²) in [7, 11) is 0. The van der Waals surface area contributed by atoms with E-state index in [4.69, 9.17) is 0 Å². The highest BCUT2D eigenvalue weighted by Crippen LogP contribution is 2.21. The maximum atomic E-state index is 12.0. The van der Waals surface area contributed by atoms with Crippen molar-refractivity contribution in [1.29, 1.82) is 0 Å². The van der Waals surface area contributed by atoms with Crippen molar-refractivity contribution in [3.8, 4) is 5.69 Å². The highest BCUT2D eigenvalue weighted by Gasteiger charge is 2.10. The van der Waals surface area contributed by atoms with Crippen LogP contribution in [-0.2, 0) is 4.79 Å². The Morgan fingerprint density at radius 2 is 1.79 bits per heavy atom. The summed E-state index contributed by atoms with van der Waals surface area (Å²) in [6, 6.07) is 10.3. The van der Waals surface area contributed by atoms with Crippen LogP contribution in [-0.4, -0.2) is 32.4 Å². The van der Waals surface area contributed by atoms with Gasteiger partial charge in [0.1, 0.15) is 0 Å². The van der Waals surface area contributed by atoms with E-state index < -0.39 is 0 Å². The van der Waals surface area contributed by atoms with Crippen molar-refractivity contribution in [2.75, 3.05) is 5.75 Å². The number of amides is 1. The number of rotatable bonds is 6. The number of nitrogens with zero attached hydrogens (tertiary/aromatic N) is 4. The highest BCUT2D eigenvalue weighted by molar-refractivity contribution is 7.99. The van der Waals surface area contributed by atoms with Gasteiger partial charge >= 0.3 is 0 Å². The molecule has 0 unspecified atom stereocenters. The number of nitrogens with one attached hydrogen (secondary N) is 1. The molecular weight excluding hydrogens is 370 g/mol. The minimum absolute atomic E-state index is 0.197. The van der Waals surface area contributed by atoms with E-state index >= 15 is 0 Å². The number of benzene rings is 1. The van der Waals surface area contributed by atoms with Crippen LogP contribution in [0.5, 0.6) is 0 Å². The van der Waals surface area contributed by atoms with Crippen molar-refractivity contribution in [2.45, 2.75) is 32.9 Å². The van der Waals surface area contributed by atoms with Crippen molar-refractivity contribution < 1.29 is 4.79 Å². The van der Waals surface area contributed by atoms with E-state index in [1.807, 2.05) is 0 Å². The lowest BCUT2D eigenvalue weighted by molar-refractivity contribution is -0.118. The smallest absolute Gasteiger partial charge is 0.250 e. The maximum absolute atomic E-state index is 12.0. The second-order valence-corrected chi connectivity index (χ2v) is 7.56. The third-order valence-corrected chi connectivity index (χ3v) is 5.08. The lowest BCUT2D eigenvalue weighted by Crippen LogP contribution is -2.19. The molecule has 28 heavy (non-hydrogen) atoms. The number of carbonyl (C=O) groups excluding carboxylic acids is 1. The Hall–Kier alpha value is -2.93. The fourth-order valence-electron chi connectivity index (χ4n) is 3.09. The molecule has 2 heterocycles. The van der Waals surface area contributed by atoms with Gasteiger partial charge in [0.2, 0.25) is 0 Å². The molecule has 3 rings (SSSR count). The van der Waals surface area contributed by atoms with Gasteiger partial charge < -0.3 is 4.57 Å². The van der Waals surface area contributed by atoms with E-state index in [-0.39, 0.29) is 11.7 Å². The lowest BCUT2D eigenvalue weighted by Gasteiger charge is -2.11. The summed E-state index contributed by atoms with van der Waals surface area (Å²) in [5, 5.41) is 4.67. The average molecular weight is 394 g/mol. The summed E-state index contributed by atoms with van der Waals surface area (Å²) in [6.45, 7) is 8.32. The number of aryl methyl sites for hydroxylation is 3. The Morgan fingerprint density at radius 1 is 1.11 bits per heavy atom. The summed E-state index contributed by atoms with van der Waals surface area (Å²) >= 11 is 1.27.